The Balaban J connectivity index is 1.80. The molecule has 1 fully saturated rings. The summed E-state index contributed by atoms with van der Waals surface area (Å²) in [5.41, 5.74) is -0.0146. The Morgan fingerprint density at radius 2 is 1.74 bits per heavy atom. The summed E-state index contributed by atoms with van der Waals surface area (Å²) in [5, 5.41) is 11.3. The fraction of sp³-hybridized carbons (Fsp3) is 0.458. The molecule has 0 aliphatic carbocycles. The van der Waals surface area contributed by atoms with Gasteiger partial charge in [0.1, 0.15) is 5.60 Å². The molecule has 2 aromatic rings. The number of ether oxygens (including phenoxy) is 1. The predicted molar refractivity (Wildman–Crippen MR) is 119 cm³/mol. The highest BCUT2D eigenvalue weighted by molar-refractivity contribution is 6.12. The van der Waals surface area contributed by atoms with Crippen molar-refractivity contribution in [2.75, 3.05) is 24.5 Å². The summed E-state index contributed by atoms with van der Waals surface area (Å²) >= 11 is 0. The minimum atomic E-state index is -1.06. The third-order valence-electron chi connectivity index (χ3n) is 5.49. The Kier molecular flexibility index (Phi) is 6.53. The van der Waals surface area contributed by atoms with Crippen LogP contribution in [0.3, 0.4) is 0 Å². The summed E-state index contributed by atoms with van der Waals surface area (Å²) in [4.78, 5) is 40.9. The van der Waals surface area contributed by atoms with Gasteiger partial charge in [-0.25, -0.2) is 9.59 Å². The number of hydrogen-bond acceptors (Lipinski definition) is 4. The van der Waals surface area contributed by atoms with Crippen molar-refractivity contribution in [3.63, 3.8) is 0 Å². The molecule has 0 atom stereocenters. The number of benzene rings is 2. The normalized spacial score (nSPS) is 15.0. The highest BCUT2D eigenvalue weighted by Crippen LogP contribution is 2.31. The van der Waals surface area contributed by atoms with Crippen LogP contribution in [-0.2, 0) is 9.53 Å². The number of piperidine rings is 1. The summed E-state index contributed by atoms with van der Waals surface area (Å²) in [6, 6.07) is 10.8. The van der Waals surface area contributed by atoms with E-state index >= 15 is 0 Å². The van der Waals surface area contributed by atoms with Gasteiger partial charge in [-0.05, 0) is 57.4 Å². The highest BCUT2D eigenvalue weighted by Gasteiger charge is 2.33. The second-order valence-corrected chi connectivity index (χ2v) is 8.81. The summed E-state index contributed by atoms with van der Waals surface area (Å²) in [5.74, 6) is -1.44. The molecule has 0 radical (unpaired) electrons. The molecule has 7 heteroatoms. The van der Waals surface area contributed by atoms with Crippen LogP contribution in [-0.4, -0.2) is 53.2 Å². The molecule has 166 valence electrons. The summed E-state index contributed by atoms with van der Waals surface area (Å²) in [6.07, 6.45) is 0.670. The van der Waals surface area contributed by atoms with Gasteiger partial charge >= 0.3 is 12.1 Å². The van der Waals surface area contributed by atoms with Crippen LogP contribution in [0.2, 0.25) is 0 Å². The molecule has 2 amide bonds. The van der Waals surface area contributed by atoms with Gasteiger partial charge in [0.05, 0.1) is 11.3 Å². The monoisotopic (exact) mass is 426 g/mol. The topological polar surface area (TPSA) is 87.2 Å². The second kappa shape index (κ2) is 8.96. The first-order valence-electron chi connectivity index (χ1n) is 10.7. The molecule has 1 aliphatic rings. The van der Waals surface area contributed by atoms with Crippen molar-refractivity contribution < 1.29 is 24.2 Å². The maximum atomic E-state index is 13.3. The van der Waals surface area contributed by atoms with Crippen LogP contribution >= 0.6 is 0 Å². The van der Waals surface area contributed by atoms with Crippen molar-refractivity contribution in [2.45, 2.75) is 46.1 Å². The number of fused-ring (bicyclic) bond motifs is 1. The third-order valence-corrected chi connectivity index (χ3v) is 5.49. The molecule has 1 saturated heterocycles. The van der Waals surface area contributed by atoms with E-state index < -0.39 is 11.6 Å². The summed E-state index contributed by atoms with van der Waals surface area (Å²) in [7, 11) is 0. The van der Waals surface area contributed by atoms with Crippen molar-refractivity contribution in [1.82, 2.24) is 4.90 Å². The van der Waals surface area contributed by atoms with Gasteiger partial charge in [0.2, 0.25) is 5.91 Å². The van der Waals surface area contributed by atoms with E-state index in [2.05, 4.69) is 0 Å². The van der Waals surface area contributed by atoms with E-state index in [0.717, 1.165) is 5.39 Å². The Morgan fingerprint density at radius 1 is 1.10 bits per heavy atom. The maximum absolute atomic E-state index is 13.3. The second-order valence-electron chi connectivity index (χ2n) is 8.81. The quantitative estimate of drug-likeness (QED) is 0.776. The van der Waals surface area contributed by atoms with Crippen LogP contribution in [0.15, 0.2) is 36.4 Å². The van der Waals surface area contributed by atoms with Crippen LogP contribution in [0.4, 0.5) is 10.5 Å². The van der Waals surface area contributed by atoms with Gasteiger partial charge in [-0.3, -0.25) is 4.79 Å². The van der Waals surface area contributed by atoms with Crippen LogP contribution < -0.4 is 4.90 Å². The fourth-order valence-corrected chi connectivity index (χ4v) is 4.01. The molecule has 1 N–H and O–H groups in total. The van der Waals surface area contributed by atoms with Crippen molar-refractivity contribution in [2.24, 2.45) is 5.92 Å². The SMILES string of the molecule is CCN(C(=O)C1CCN(C(=O)OC(C)(C)C)CC1)c1ccc2ccccc2c1C(=O)O. The van der Waals surface area contributed by atoms with Crippen molar-refractivity contribution in [3.8, 4) is 0 Å². The molecule has 0 bridgehead atoms. The Morgan fingerprint density at radius 3 is 2.32 bits per heavy atom. The van der Waals surface area contributed by atoms with Gasteiger partial charge in [-0.1, -0.05) is 30.3 Å². The third kappa shape index (κ3) is 4.98. The number of carbonyl (C=O) groups is 3. The molecule has 3 rings (SSSR count). The number of aromatic carboxylic acids is 1. The maximum Gasteiger partial charge on any atom is 0.410 e. The van der Waals surface area contributed by atoms with Crippen molar-refractivity contribution in [1.29, 1.82) is 0 Å². The number of hydrogen-bond donors (Lipinski definition) is 1. The Bertz CT molecular complexity index is 987. The number of amides is 2. The van der Waals surface area contributed by atoms with Crippen LogP contribution in [0.25, 0.3) is 10.8 Å². The van der Waals surface area contributed by atoms with E-state index in [1.165, 1.54) is 0 Å². The lowest BCUT2D eigenvalue weighted by atomic mass is 9.94. The highest BCUT2D eigenvalue weighted by atomic mass is 16.6. The van der Waals surface area contributed by atoms with Crippen molar-refractivity contribution in [3.05, 3.63) is 42.0 Å². The molecule has 0 spiro atoms. The number of carbonyl (C=O) groups excluding carboxylic acids is 2. The van der Waals surface area contributed by atoms with Crippen LogP contribution in [0.5, 0.6) is 0 Å². The fourth-order valence-electron chi connectivity index (χ4n) is 4.01. The lowest BCUT2D eigenvalue weighted by Gasteiger charge is -2.35. The van der Waals surface area contributed by atoms with E-state index in [-0.39, 0.29) is 23.5 Å². The summed E-state index contributed by atoms with van der Waals surface area (Å²) in [6.45, 7) is 8.55. The average Bonchev–Trinajstić information content (AvgIpc) is 2.72. The van der Waals surface area contributed by atoms with E-state index in [4.69, 9.17) is 4.74 Å². The largest absolute Gasteiger partial charge is 0.478 e. The van der Waals surface area contributed by atoms with Gasteiger partial charge < -0.3 is 19.6 Å². The first-order chi connectivity index (χ1) is 14.6. The molecule has 1 aliphatic heterocycles. The zero-order valence-corrected chi connectivity index (χ0v) is 18.6. The van der Waals surface area contributed by atoms with Crippen molar-refractivity contribution >= 4 is 34.4 Å². The molecule has 0 aromatic heterocycles. The summed E-state index contributed by atoms with van der Waals surface area (Å²) < 4.78 is 5.42. The lowest BCUT2D eigenvalue weighted by Crippen LogP contribution is -2.46. The smallest absolute Gasteiger partial charge is 0.410 e. The molecule has 1 heterocycles. The molecular weight excluding hydrogens is 396 g/mol. The first kappa shape index (κ1) is 22.6. The zero-order valence-electron chi connectivity index (χ0n) is 18.6. The van der Waals surface area contributed by atoms with Gasteiger partial charge in [-0.2, -0.15) is 0 Å². The number of anilines is 1. The van der Waals surface area contributed by atoms with Gasteiger partial charge in [0, 0.05) is 25.6 Å². The van der Waals surface area contributed by atoms with E-state index in [1.54, 1.807) is 28.0 Å². The van der Waals surface area contributed by atoms with Crippen LogP contribution in [0, 0.1) is 5.92 Å². The molecule has 0 saturated carbocycles. The minimum Gasteiger partial charge on any atom is -0.478 e. The number of rotatable bonds is 4. The molecule has 31 heavy (non-hydrogen) atoms. The Labute approximate surface area is 182 Å². The number of likely N-dealkylation sites (tertiary alicyclic amines) is 1. The standard InChI is InChI=1S/C24H30N2O5/c1-5-26(19-11-10-16-8-6-7-9-18(16)20(19)22(28)29)21(27)17-12-14-25(15-13-17)23(30)31-24(2,3)4/h6-11,17H,5,12-15H2,1-4H3,(H,28,29). The predicted octanol–water partition coefficient (Wildman–Crippen LogP) is 4.54. The van der Waals surface area contributed by atoms with Gasteiger partial charge in [-0.15, -0.1) is 0 Å². The Hall–Kier alpha value is -3.09. The van der Waals surface area contributed by atoms with Gasteiger partial charge in [0.25, 0.3) is 0 Å². The van der Waals surface area contributed by atoms with E-state index in [1.807, 2.05) is 45.9 Å². The lowest BCUT2D eigenvalue weighted by molar-refractivity contribution is -0.123. The molecule has 7 nitrogen and oxygen atoms in total. The zero-order chi connectivity index (χ0) is 22.8. The number of carboxylic acid groups (broad SMARTS) is 1. The minimum absolute atomic E-state index is 0.107. The number of nitrogens with zero attached hydrogens (tertiary/aromatic N) is 2. The van der Waals surface area contributed by atoms with Crippen LogP contribution in [0.1, 0.15) is 50.9 Å². The van der Waals surface area contributed by atoms with E-state index in [9.17, 15) is 19.5 Å². The average molecular weight is 427 g/mol. The van der Waals surface area contributed by atoms with Gasteiger partial charge in [0.15, 0.2) is 0 Å². The molecular formula is C24H30N2O5. The van der Waals surface area contributed by atoms with E-state index in [0.29, 0.717) is 43.5 Å². The molecule has 0 unspecified atom stereocenters. The first-order valence-corrected chi connectivity index (χ1v) is 10.7. The molecule has 2 aromatic carbocycles. The number of carboxylic acids is 1.